The third-order valence-corrected chi connectivity index (χ3v) is 11.0. The Balaban J connectivity index is 1.86. The lowest BCUT2D eigenvalue weighted by Crippen LogP contribution is -2.48. The number of likely N-dealkylation sites (tertiary alicyclic amines) is 1. The van der Waals surface area contributed by atoms with E-state index < -0.39 is 73.8 Å². The zero-order valence-corrected chi connectivity index (χ0v) is 28.3. The van der Waals surface area contributed by atoms with Gasteiger partial charge in [0.05, 0.1) is 35.1 Å². The fourth-order valence-electron chi connectivity index (χ4n) is 6.50. The number of hydrogen-bond acceptors (Lipinski definition) is 9. The fraction of sp³-hybridized carbons (Fsp3) is 0.758. The van der Waals surface area contributed by atoms with Crippen LogP contribution in [0.4, 0.5) is 0 Å². The number of hydrogen-bond donors (Lipinski definition) is 2. The number of aliphatic hydroxyl groups excluding tert-OH is 1. The van der Waals surface area contributed by atoms with Crippen molar-refractivity contribution in [2.24, 2.45) is 29.1 Å². The minimum absolute atomic E-state index is 0.0226. The molecule has 3 aliphatic rings. The van der Waals surface area contributed by atoms with E-state index in [1.165, 1.54) is 12.0 Å². The number of nitrogens with one attached hydrogen (secondary N) is 1. The van der Waals surface area contributed by atoms with E-state index in [0.717, 1.165) is 12.8 Å². The molecule has 2 saturated carbocycles. The molecule has 254 valence electrons. The third-order valence-electron chi connectivity index (χ3n) is 9.13. The van der Waals surface area contributed by atoms with Crippen molar-refractivity contribution in [3.63, 3.8) is 0 Å². The number of amides is 2. The number of carbonyl (C=O) groups is 4. The first-order chi connectivity index (χ1) is 21.0. The Kier molecular flexibility index (Phi) is 12.2. The molecule has 0 radical (unpaired) electrons. The van der Waals surface area contributed by atoms with Gasteiger partial charge >= 0.3 is 5.97 Å². The maximum atomic E-state index is 14.3. The van der Waals surface area contributed by atoms with Crippen LogP contribution in [-0.4, -0.2) is 85.2 Å². The summed E-state index contributed by atoms with van der Waals surface area (Å²) in [5.41, 5.74) is -2.05. The molecule has 2 aliphatic carbocycles. The Bertz CT molecular complexity index is 1240. The molecule has 1 aliphatic heterocycles. The summed E-state index contributed by atoms with van der Waals surface area (Å²) < 4.78 is 38.3. The number of Topliss-reactive ketones (excluding diaryl/α,β-unsaturated/α-hetero) is 1. The van der Waals surface area contributed by atoms with E-state index in [4.69, 9.17) is 9.47 Å². The van der Waals surface area contributed by atoms with Gasteiger partial charge in [0.25, 0.3) is 0 Å². The van der Waals surface area contributed by atoms with Crippen LogP contribution in [0.5, 0.6) is 0 Å². The number of β-amino-alcohol motifs (C(OH)–C–C–N with tert-alkyl or cyclic N) is 1. The molecule has 0 aromatic heterocycles. The predicted octanol–water partition coefficient (Wildman–Crippen LogP) is 3.31. The van der Waals surface area contributed by atoms with Crippen LogP contribution in [0.25, 0.3) is 0 Å². The van der Waals surface area contributed by atoms with Crippen molar-refractivity contribution in [1.29, 1.82) is 0 Å². The first-order valence-corrected chi connectivity index (χ1v) is 17.5. The van der Waals surface area contributed by atoms with Crippen molar-refractivity contribution >= 4 is 33.6 Å². The maximum Gasteiger partial charge on any atom is 0.307 e. The van der Waals surface area contributed by atoms with Crippen LogP contribution in [-0.2, 0) is 38.7 Å². The molecular weight excluding hydrogens is 600 g/mol. The zero-order chi connectivity index (χ0) is 33.7. The molecule has 3 fully saturated rings. The number of methoxy groups -OCH3 is 1. The van der Waals surface area contributed by atoms with Gasteiger partial charge in [0.2, 0.25) is 21.8 Å². The Labute approximate surface area is 268 Å². The fourth-order valence-corrected chi connectivity index (χ4v) is 7.89. The van der Waals surface area contributed by atoms with Gasteiger partial charge in [-0.25, -0.2) is 8.42 Å². The SMILES string of the molecule is C=CCCC(C)C[C@@H](COC)[C@H](CC(=O)OC(C)(C)C)C(=O)N1C[C@H](O)C[C@H]1C(=O)C[C@]1(C(=O)NS(=O)(=O)C2CC2)C[C@H]1C=C. The number of carbonyl (C=O) groups excluding carboxylic acids is 4. The van der Waals surface area contributed by atoms with Gasteiger partial charge in [-0.15, -0.1) is 13.2 Å². The molecule has 11 nitrogen and oxygen atoms in total. The van der Waals surface area contributed by atoms with Crippen LogP contribution >= 0.6 is 0 Å². The van der Waals surface area contributed by atoms with E-state index in [1.807, 2.05) is 6.08 Å². The smallest absolute Gasteiger partial charge is 0.307 e. The van der Waals surface area contributed by atoms with Crippen LogP contribution in [0.15, 0.2) is 25.3 Å². The molecule has 12 heteroatoms. The summed E-state index contributed by atoms with van der Waals surface area (Å²) in [6.45, 7) is 14.9. The van der Waals surface area contributed by atoms with Crippen molar-refractivity contribution in [3.05, 3.63) is 25.3 Å². The lowest BCUT2D eigenvalue weighted by atomic mass is 9.81. The molecule has 0 bridgehead atoms. The van der Waals surface area contributed by atoms with E-state index in [2.05, 4.69) is 24.8 Å². The van der Waals surface area contributed by atoms with E-state index in [9.17, 15) is 32.7 Å². The largest absolute Gasteiger partial charge is 0.460 e. The van der Waals surface area contributed by atoms with Crippen molar-refractivity contribution in [1.82, 2.24) is 9.62 Å². The van der Waals surface area contributed by atoms with E-state index in [0.29, 0.717) is 19.3 Å². The summed E-state index contributed by atoms with van der Waals surface area (Å²) in [5, 5.41) is 10.1. The van der Waals surface area contributed by atoms with Crippen LogP contribution in [0.1, 0.15) is 85.5 Å². The molecule has 45 heavy (non-hydrogen) atoms. The average molecular weight is 653 g/mol. The highest BCUT2D eigenvalue weighted by molar-refractivity contribution is 7.90. The molecule has 1 unspecified atom stereocenters. The van der Waals surface area contributed by atoms with Crippen molar-refractivity contribution in [2.75, 3.05) is 20.3 Å². The average Bonchev–Trinajstić information content (AvgIpc) is 3.86. The summed E-state index contributed by atoms with van der Waals surface area (Å²) in [4.78, 5) is 55.9. The summed E-state index contributed by atoms with van der Waals surface area (Å²) in [7, 11) is -2.30. The predicted molar refractivity (Wildman–Crippen MR) is 169 cm³/mol. The van der Waals surface area contributed by atoms with Gasteiger partial charge in [0.15, 0.2) is 5.78 Å². The van der Waals surface area contributed by atoms with Crippen molar-refractivity contribution in [2.45, 2.75) is 108 Å². The van der Waals surface area contributed by atoms with Crippen LogP contribution in [0.2, 0.25) is 0 Å². The summed E-state index contributed by atoms with van der Waals surface area (Å²) >= 11 is 0. The molecule has 2 amide bonds. The number of sulfonamides is 1. The zero-order valence-electron chi connectivity index (χ0n) is 27.5. The molecule has 0 aromatic carbocycles. The highest BCUT2D eigenvalue weighted by Crippen LogP contribution is 2.57. The normalized spacial score (nSPS) is 26.8. The molecule has 0 spiro atoms. The van der Waals surface area contributed by atoms with Crippen LogP contribution in [0.3, 0.4) is 0 Å². The minimum atomic E-state index is -3.83. The van der Waals surface area contributed by atoms with E-state index in [1.54, 1.807) is 26.8 Å². The third kappa shape index (κ3) is 9.71. The van der Waals surface area contributed by atoms with Gasteiger partial charge in [-0.2, -0.15) is 0 Å². The number of allylic oxidation sites excluding steroid dienone is 2. The van der Waals surface area contributed by atoms with E-state index in [-0.39, 0.29) is 50.7 Å². The van der Waals surface area contributed by atoms with Gasteiger partial charge in [-0.05, 0) is 77.0 Å². The monoisotopic (exact) mass is 652 g/mol. The summed E-state index contributed by atoms with van der Waals surface area (Å²) in [6.07, 6.45) is 5.29. The number of ether oxygens (including phenoxy) is 2. The summed E-state index contributed by atoms with van der Waals surface area (Å²) in [6, 6.07) is -1.04. The summed E-state index contributed by atoms with van der Waals surface area (Å²) in [5.74, 6) is -3.65. The Morgan fingerprint density at radius 3 is 2.38 bits per heavy atom. The lowest BCUT2D eigenvalue weighted by Gasteiger charge is -2.34. The highest BCUT2D eigenvalue weighted by atomic mass is 32.2. The second-order valence-electron chi connectivity index (χ2n) is 14.2. The standard InChI is InChI=1S/C33H52N2O9S/c1-8-10-11-21(3)14-22(20-43-7)26(16-29(38)44-32(4,5)6)30(39)35-19-24(36)15-27(35)28(37)18-33(17-23(33)9-2)31(40)34-45(41,42)25-12-13-25/h8-9,21-27,36H,1-2,10-20H2,3-7H3,(H,34,40)/t21?,22-,23+,24+,26-,27-,33+/m0/s1. The first kappa shape index (κ1) is 36.9. The first-order valence-electron chi connectivity index (χ1n) is 16.0. The minimum Gasteiger partial charge on any atom is -0.460 e. The Morgan fingerprint density at radius 1 is 1.18 bits per heavy atom. The number of nitrogens with zero attached hydrogens (tertiary/aromatic N) is 1. The number of esters is 1. The van der Waals surface area contributed by atoms with Gasteiger partial charge in [0, 0.05) is 33.1 Å². The van der Waals surface area contributed by atoms with Crippen molar-refractivity contribution < 1.29 is 42.2 Å². The second-order valence-corrected chi connectivity index (χ2v) is 16.2. The number of aliphatic hydroxyl groups is 1. The van der Waals surface area contributed by atoms with Crippen molar-refractivity contribution in [3.8, 4) is 0 Å². The lowest BCUT2D eigenvalue weighted by molar-refractivity contribution is -0.160. The van der Waals surface area contributed by atoms with E-state index >= 15 is 0 Å². The van der Waals surface area contributed by atoms with Crippen LogP contribution in [0, 0.1) is 29.1 Å². The van der Waals surface area contributed by atoms with Gasteiger partial charge in [-0.3, -0.25) is 23.9 Å². The highest BCUT2D eigenvalue weighted by Gasteiger charge is 2.61. The van der Waals surface area contributed by atoms with Crippen LogP contribution < -0.4 is 4.72 Å². The molecule has 3 rings (SSSR count). The molecule has 2 N–H and O–H groups in total. The van der Waals surface area contributed by atoms with Gasteiger partial charge in [0.1, 0.15) is 5.60 Å². The molecule has 0 aromatic rings. The Hall–Kier alpha value is -2.57. The molecular formula is C33H52N2O9S. The second kappa shape index (κ2) is 14.9. The maximum absolute atomic E-state index is 14.3. The molecule has 7 atom stereocenters. The Morgan fingerprint density at radius 2 is 1.84 bits per heavy atom. The molecule has 1 heterocycles. The van der Waals surface area contributed by atoms with Gasteiger partial charge < -0.3 is 19.5 Å². The quantitative estimate of drug-likeness (QED) is 0.168. The number of rotatable bonds is 18. The topological polar surface area (TPSA) is 156 Å². The number of ketones is 1. The molecule has 1 saturated heterocycles. The van der Waals surface area contributed by atoms with Gasteiger partial charge in [-0.1, -0.05) is 19.1 Å².